The quantitative estimate of drug-likeness (QED) is 0.904. The van der Waals surface area contributed by atoms with Gasteiger partial charge in [-0.1, -0.05) is 28.9 Å². The van der Waals surface area contributed by atoms with Crippen molar-refractivity contribution in [1.29, 1.82) is 0 Å². The number of carbonyl (C=O) groups is 1. The van der Waals surface area contributed by atoms with Gasteiger partial charge < -0.3 is 5.32 Å². The molecule has 0 heterocycles. The summed E-state index contributed by atoms with van der Waals surface area (Å²) in [4.78, 5) is 11.9. The van der Waals surface area contributed by atoms with E-state index in [0.717, 1.165) is 16.6 Å². The normalized spacial score (nSPS) is 12.2. The first-order valence-corrected chi connectivity index (χ1v) is 7.41. The van der Waals surface area contributed by atoms with Gasteiger partial charge in [0.1, 0.15) is 0 Å². The van der Waals surface area contributed by atoms with E-state index in [1.54, 1.807) is 11.8 Å². The topological polar surface area (TPSA) is 29.1 Å². The van der Waals surface area contributed by atoms with E-state index < -0.39 is 0 Å². The van der Waals surface area contributed by atoms with E-state index in [4.69, 9.17) is 0 Å². The highest BCUT2D eigenvalue weighted by Gasteiger charge is 2.11. The van der Waals surface area contributed by atoms with Crippen LogP contribution in [0.25, 0.3) is 0 Å². The molecule has 0 aliphatic carbocycles. The number of thioether (sulfide) groups is 1. The first-order chi connectivity index (χ1) is 7.67. The van der Waals surface area contributed by atoms with Crippen LogP contribution in [0.2, 0.25) is 0 Å². The van der Waals surface area contributed by atoms with Crippen molar-refractivity contribution in [2.75, 3.05) is 12.0 Å². The molecule has 1 rings (SSSR count). The summed E-state index contributed by atoms with van der Waals surface area (Å²) in [6, 6.07) is 7.69. The average Bonchev–Trinajstić information content (AvgIpc) is 2.28. The Kier molecular flexibility index (Phi) is 5.91. The van der Waals surface area contributed by atoms with E-state index in [0.29, 0.717) is 5.56 Å². The third-order valence-corrected chi connectivity index (χ3v) is 3.51. The number of nitrogens with one attached hydrogen (secondary N) is 1. The van der Waals surface area contributed by atoms with Crippen LogP contribution >= 0.6 is 27.7 Å². The molecule has 0 aromatic heterocycles. The Labute approximate surface area is 109 Å². The first-order valence-electron chi connectivity index (χ1n) is 5.22. The molecule has 0 saturated heterocycles. The second kappa shape index (κ2) is 6.97. The van der Waals surface area contributed by atoms with Gasteiger partial charge in [-0.2, -0.15) is 11.8 Å². The Hall–Kier alpha value is -0.480. The number of hydrogen-bond donors (Lipinski definition) is 1. The number of carbonyl (C=O) groups excluding carboxylic acids is 1. The van der Waals surface area contributed by atoms with Crippen molar-refractivity contribution in [3.05, 3.63) is 34.3 Å². The fraction of sp³-hybridized carbons (Fsp3) is 0.417. The molecule has 0 aliphatic heterocycles. The molecule has 0 saturated carbocycles. The zero-order valence-corrected chi connectivity index (χ0v) is 11.9. The number of amides is 1. The van der Waals surface area contributed by atoms with Gasteiger partial charge in [0.15, 0.2) is 0 Å². The van der Waals surface area contributed by atoms with Gasteiger partial charge in [0.05, 0.1) is 0 Å². The molecule has 1 unspecified atom stereocenters. The molecule has 2 nitrogen and oxygen atoms in total. The maximum atomic E-state index is 11.9. The largest absolute Gasteiger partial charge is 0.348 e. The van der Waals surface area contributed by atoms with Crippen molar-refractivity contribution in [1.82, 2.24) is 5.32 Å². The van der Waals surface area contributed by atoms with Crippen LogP contribution in [0.15, 0.2) is 28.7 Å². The Morgan fingerprint density at radius 1 is 1.56 bits per heavy atom. The predicted octanol–water partition coefficient (Wildman–Crippen LogP) is 3.32. The maximum absolute atomic E-state index is 11.9. The standard InChI is InChI=1S/C12H16BrNOS/c1-3-11(8-16-2)14-12(15)9-5-4-6-10(13)7-9/h4-7,11H,3,8H2,1-2H3,(H,14,15). The van der Waals surface area contributed by atoms with Gasteiger partial charge in [0.2, 0.25) is 0 Å². The van der Waals surface area contributed by atoms with Gasteiger partial charge >= 0.3 is 0 Å². The highest BCUT2D eigenvalue weighted by Crippen LogP contribution is 2.12. The van der Waals surface area contributed by atoms with E-state index in [9.17, 15) is 4.79 Å². The number of hydrogen-bond acceptors (Lipinski definition) is 2. The lowest BCUT2D eigenvalue weighted by atomic mass is 10.2. The van der Waals surface area contributed by atoms with E-state index in [-0.39, 0.29) is 11.9 Å². The lowest BCUT2D eigenvalue weighted by Gasteiger charge is -2.15. The second-order valence-electron chi connectivity index (χ2n) is 3.54. The van der Waals surface area contributed by atoms with Gasteiger partial charge in [0.25, 0.3) is 5.91 Å². The smallest absolute Gasteiger partial charge is 0.251 e. The molecule has 1 aromatic rings. The van der Waals surface area contributed by atoms with Crippen molar-refractivity contribution in [3.8, 4) is 0 Å². The zero-order chi connectivity index (χ0) is 12.0. The summed E-state index contributed by atoms with van der Waals surface area (Å²) < 4.78 is 0.929. The van der Waals surface area contributed by atoms with Crippen LogP contribution in [-0.4, -0.2) is 24.0 Å². The third kappa shape index (κ3) is 4.18. The molecule has 16 heavy (non-hydrogen) atoms. The van der Waals surface area contributed by atoms with E-state index in [2.05, 4.69) is 28.2 Å². The number of rotatable bonds is 5. The van der Waals surface area contributed by atoms with Crippen molar-refractivity contribution >= 4 is 33.6 Å². The minimum atomic E-state index is 0.00204. The summed E-state index contributed by atoms with van der Waals surface area (Å²) in [7, 11) is 0. The number of halogens is 1. The first kappa shape index (κ1) is 13.6. The minimum Gasteiger partial charge on any atom is -0.348 e. The molecular formula is C12H16BrNOS. The molecule has 88 valence electrons. The zero-order valence-electron chi connectivity index (χ0n) is 9.50. The SMILES string of the molecule is CCC(CSC)NC(=O)c1cccc(Br)c1. The summed E-state index contributed by atoms with van der Waals surface area (Å²) in [6.45, 7) is 2.09. The summed E-state index contributed by atoms with van der Waals surface area (Å²) in [6.07, 6.45) is 3.01. The predicted molar refractivity (Wildman–Crippen MR) is 74.1 cm³/mol. The average molecular weight is 302 g/mol. The fourth-order valence-corrected chi connectivity index (χ4v) is 2.48. The lowest BCUT2D eigenvalue weighted by Crippen LogP contribution is -2.36. The van der Waals surface area contributed by atoms with Crippen LogP contribution in [0.4, 0.5) is 0 Å². The van der Waals surface area contributed by atoms with Crippen molar-refractivity contribution < 1.29 is 4.79 Å². The summed E-state index contributed by atoms with van der Waals surface area (Å²) >= 11 is 5.11. The molecule has 1 atom stereocenters. The molecule has 0 aliphatic rings. The van der Waals surface area contributed by atoms with Crippen LogP contribution in [0.1, 0.15) is 23.7 Å². The second-order valence-corrected chi connectivity index (χ2v) is 5.37. The summed E-state index contributed by atoms with van der Waals surface area (Å²) in [5.41, 5.74) is 0.703. The van der Waals surface area contributed by atoms with Gasteiger partial charge in [-0.15, -0.1) is 0 Å². The minimum absolute atomic E-state index is 0.00204. The van der Waals surface area contributed by atoms with Gasteiger partial charge in [-0.3, -0.25) is 4.79 Å². The Morgan fingerprint density at radius 2 is 2.31 bits per heavy atom. The third-order valence-electron chi connectivity index (χ3n) is 2.28. The molecule has 0 bridgehead atoms. The van der Waals surface area contributed by atoms with Crippen LogP contribution < -0.4 is 5.32 Å². The molecule has 1 aromatic carbocycles. The molecular weight excluding hydrogens is 286 g/mol. The molecule has 1 N–H and O–H groups in total. The Balaban J connectivity index is 2.64. The number of benzene rings is 1. The lowest BCUT2D eigenvalue weighted by molar-refractivity contribution is 0.0940. The molecule has 0 spiro atoms. The highest BCUT2D eigenvalue weighted by molar-refractivity contribution is 9.10. The fourth-order valence-electron chi connectivity index (χ4n) is 1.36. The molecule has 4 heteroatoms. The van der Waals surface area contributed by atoms with Gasteiger partial charge in [-0.25, -0.2) is 0 Å². The molecule has 0 radical (unpaired) electrons. The Bertz CT molecular complexity index is 357. The van der Waals surface area contributed by atoms with E-state index >= 15 is 0 Å². The summed E-state index contributed by atoms with van der Waals surface area (Å²) in [5, 5.41) is 3.03. The molecule has 1 amide bonds. The van der Waals surface area contributed by atoms with Crippen molar-refractivity contribution in [3.63, 3.8) is 0 Å². The molecule has 0 fully saturated rings. The Morgan fingerprint density at radius 3 is 2.88 bits per heavy atom. The van der Waals surface area contributed by atoms with Crippen LogP contribution in [0.5, 0.6) is 0 Å². The monoisotopic (exact) mass is 301 g/mol. The van der Waals surface area contributed by atoms with Gasteiger partial charge in [0, 0.05) is 21.8 Å². The van der Waals surface area contributed by atoms with Crippen molar-refractivity contribution in [2.24, 2.45) is 0 Å². The van der Waals surface area contributed by atoms with Crippen LogP contribution in [-0.2, 0) is 0 Å². The van der Waals surface area contributed by atoms with Crippen LogP contribution in [0, 0.1) is 0 Å². The van der Waals surface area contributed by atoms with Crippen molar-refractivity contribution in [2.45, 2.75) is 19.4 Å². The maximum Gasteiger partial charge on any atom is 0.251 e. The van der Waals surface area contributed by atoms with E-state index in [1.807, 2.05) is 30.5 Å². The van der Waals surface area contributed by atoms with Crippen LogP contribution in [0.3, 0.4) is 0 Å². The van der Waals surface area contributed by atoms with Gasteiger partial charge in [-0.05, 0) is 30.9 Å². The van der Waals surface area contributed by atoms with E-state index in [1.165, 1.54) is 0 Å². The highest BCUT2D eigenvalue weighted by atomic mass is 79.9. The summed E-state index contributed by atoms with van der Waals surface area (Å²) in [5.74, 6) is 0.957.